The van der Waals surface area contributed by atoms with Gasteiger partial charge in [-0.2, -0.15) is 0 Å². The lowest BCUT2D eigenvalue weighted by molar-refractivity contribution is 0.122. The molecule has 10 rings (SSSR count). The van der Waals surface area contributed by atoms with Crippen molar-refractivity contribution in [2.45, 2.75) is 77.0 Å². The van der Waals surface area contributed by atoms with Crippen molar-refractivity contribution in [1.29, 1.82) is 0 Å². The molecule has 3 saturated heterocycles. The van der Waals surface area contributed by atoms with Crippen molar-refractivity contribution in [3.8, 4) is 34.2 Å². The molecule has 0 amide bonds. The Labute approximate surface area is 320 Å². The third-order valence-corrected chi connectivity index (χ3v) is 12.9. The molecular weight excluding hydrogens is 673 g/mol. The highest BCUT2D eigenvalue weighted by atomic mass is 16.5. The van der Waals surface area contributed by atoms with Gasteiger partial charge in [-0.05, 0) is 147 Å². The molecule has 6 aliphatic rings. The second-order valence-corrected chi connectivity index (χ2v) is 16.0. The van der Waals surface area contributed by atoms with Crippen molar-refractivity contribution < 1.29 is 14.2 Å². The van der Waals surface area contributed by atoms with Crippen LogP contribution in [-0.4, -0.2) is 93.9 Å². The SMILES string of the molecule is c1cc(N2CCOCC2)c2c(c1-c1nc(-c3ccc(N4CCOCC4)c4c3CCCC4)nc(-c3ccc(N4CCOCC4)c4c3CCCC4)n1)CCCC2. The molecule has 3 aliphatic heterocycles. The third kappa shape index (κ3) is 6.46. The lowest BCUT2D eigenvalue weighted by Gasteiger charge is -2.34. The summed E-state index contributed by atoms with van der Waals surface area (Å²) in [4.78, 5) is 24.1. The van der Waals surface area contributed by atoms with E-state index in [0.29, 0.717) is 0 Å². The maximum absolute atomic E-state index is 5.75. The average molecular weight is 727 g/mol. The summed E-state index contributed by atoms with van der Waals surface area (Å²) in [6, 6.07) is 14.0. The molecule has 9 heteroatoms. The quantitative estimate of drug-likeness (QED) is 0.209. The molecule has 0 N–H and O–H groups in total. The number of ether oxygens (including phenoxy) is 3. The van der Waals surface area contributed by atoms with Crippen molar-refractivity contribution in [2.75, 3.05) is 93.6 Å². The third-order valence-electron chi connectivity index (χ3n) is 12.9. The van der Waals surface area contributed by atoms with E-state index in [9.17, 15) is 0 Å². The Morgan fingerprint density at radius 1 is 0.333 bits per heavy atom. The fourth-order valence-corrected chi connectivity index (χ4v) is 10.2. The van der Waals surface area contributed by atoms with Crippen LogP contribution < -0.4 is 14.7 Å². The Bertz CT molecular complexity index is 1770. The van der Waals surface area contributed by atoms with Gasteiger partial charge in [0.2, 0.25) is 0 Å². The lowest BCUT2D eigenvalue weighted by atomic mass is 9.85. The molecule has 3 aliphatic carbocycles. The number of anilines is 3. The van der Waals surface area contributed by atoms with E-state index in [1.54, 1.807) is 0 Å². The predicted octanol–water partition coefficient (Wildman–Crippen LogP) is 7.02. The van der Waals surface area contributed by atoms with Gasteiger partial charge in [-0.25, -0.2) is 15.0 Å². The van der Waals surface area contributed by atoms with Crippen LogP contribution >= 0.6 is 0 Å². The van der Waals surface area contributed by atoms with Crippen molar-refractivity contribution in [1.82, 2.24) is 15.0 Å². The van der Waals surface area contributed by atoms with Crippen LogP contribution in [0.25, 0.3) is 34.2 Å². The number of aromatic nitrogens is 3. The first-order valence-electron chi connectivity index (χ1n) is 21.0. The molecule has 3 fully saturated rings. The molecule has 0 saturated carbocycles. The van der Waals surface area contributed by atoms with Crippen LogP contribution in [0.15, 0.2) is 36.4 Å². The number of benzene rings is 3. The fourth-order valence-electron chi connectivity index (χ4n) is 10.2. The van der Waals surface area contributed by atoms with E-state index in [0.717, 1.165) is 135 Å². The van der Waals surface area contributed by atoms with Gasteiger partial charge < -0.3 is 28.9 Å². The molecule has 0 unspecified atom stereocenters. The number of hydrogen-bond acceptors (Lipinski definition) is 9. The first kappa shape index (κ1) is 34.4. The molecule has 4 aromatic rings. The summed E-state index contributed by atoms with van der Waals surface area (Å²) < 4.78 is 17.2. The Morgan fingerprint density at radius 2 is 0.593 bits per heavy atom. The van der Waals surface area contributed by atoms with Gasteiger partial charge in [-0.15, -0.1) is 0 Å². The summed E-state index contributed by atoms with van der Waals surface area (Å²) in [5.41, 5.74) is 16.5. The zero-order valence-corrected chi connectivity index (χ0v) is 31.8. The van der Waals surface area contributed by atoms with Gasteiger partial charge in [-0.3, -0.25) is 0 Å². The lowest BCUT2D eigenvalue weighted by Crippen LogP contribution is -2.37. The number of fused-ring (bicyclic) bond motifs is 3. The zero-order chi connectivity index (χ0) is 35.8. The monoisotopic (exact) mass is 726 g/mol. The summed E-state index contributed by atoms with van der Waals surface area (Å²) in [6.07, 6.45) is 13.8. The largest absolute Gasteiger partial charge is 0.378 e. The van der Waals surface area contributed by atoms with E-state index in [2.05, 4.69) is 51.1 Å². The van der Waals surface area contributed by atoms with Crippen molar-refractivity contribution in [3.63, 3.8) is 0 Å². The second kappa shape index (κ2) is 15.2. The zero-order valence-electron chi connectivity index (χ0n) is 31.8. The molecule has 0 radical (unpaired) electrons. The van der Waals surface area contributed by atoms with E-state index in [-0.39, 0.29) is 0 Å². The molecular formula is C45H54N6O3. The van der Waals surface area contributed by atoms with E-state index < -0.39 is 0 Å². The van der Waals surface area contributed by atoms with Crippen molar-refractivity contribution in [3.05, 3.63) is 69.8 Å². The van der Waals surface area contributed by atoms with Crippen LogP contribution in [-0.2, 0) is 52.7 Å². The summed E-state index contributed by atoms with van der Waals surface area (Å²) in [7, 11) is 0. The molecule has 9 nitrogen and oxygen atoms in total. The Balaban J connectivity index is 1.15. The molecule has 0 spiro atoms. The smallest absolute Gasteiger partial charge is 0.164 e. The van der Waals surface area contributed by atoms with Gasteiger partial charge in [0.25, 0.3) is 0 Å². The molecule has 282 valence electrons. The number of morpholine rings is 3. The number of nitrogens with zero attached hydrogens (tertiary/aromatic N) is 6. The van der Waals surface area contributed by atoms with Gasteiger partial charge >= 0.3 is 0 Å². The van der Waals surface area contributed by atoms with Crippen LogP contribution in [0, 0.1) is 0 Å². The maximum Gasteiger partial charge on any atom is 0.164 e. The fraction of sp³-hybridized carbons (Fsp3) is 0.533. The Morgan fingerprint density at radius 3 is 0.870 bits per heavy atom. The predicted molar refractivity (Wildman–Crippen MR) is 215 cm³/mol. The standard InChI is InChI=1S/C45H54N6O3/c1-4-10-34-31(7-1)37(13-16-40(34)49-19-25-52-26-20-49)43-46-44(38-14-17-41(50-21-27-53-28-22-50)35-11-5-2-8-32(35)38)48-45(47-43)39-15-18-42(51-23-29-54-30-24-51)36-12-6-3-9-33(36)39/h13-18H,1-12,19-30H2. The van der Waals surface area contributed by atoms with Gasteiger partial charge in [-0.1, -0.05) is 0 Å². The highest BCUT2D eigenvalue weighted by Gasteiger charge is 2.29. The van der Waals surface area contributed by atoms with Crippen LogP contribution in [0.5, 0.6) is 0 Å². The van der Waals surface area contributed by atoms with Gasteiger partial charge in [0, 0.05) is 73.0 Å². The summed E-state index contributed by atoms with van der Waals surface area (Å²) in [5.74, 6) is 2.47. The highest BCUT2D eigenvalue weighted by Crippen LogP contribution is 2.42. The summed E-state index contributed by atoms with van der Waals surface area (Å²) in [5, 5.41) is 0. The van der Waals surface area contributed by atoms with Crippen LogP contribution in [0.3, 0.4) is 0 Å². The molecule has 0 atom stereocenters. The molecule has 3 aromatic carbocycles. The topological polar surface area (TPSA) is 76.1 Å². The van der Waals surface area contributed by atoms with Gasteiger partial charge in [0.05, 0.1) is 39.6 Å². The van der Waals surface area contributed by atoms with Gasteiger partial charge in [0.1, 0.15) is 0 Å². The first-order valence-corrected chi connectivity index (χ1v) is 21.0. The minimum absolute atomic E-state index is 0.792. The molecule has 54 heavy (non-hydrogen) atoms. The minimum Gasteiger partial charge on any atom is -0.378 e. The van der Waals surface area contributed by atoms with E-state index in [1.807, 2.05) is 0 Å². The second-order valence-electron chi connectivity index (χ2n) is 16.0. The van der Waals surface area contributed by atoms with E-state index in [4.69, 9.17) is 29.2 Å². The molecule has 0 bridgehead atoms. The minimum atomic E-state index is 0.792. The van der Waals surface area contributed by atoms with Crippen LogP contribution in [0.1, 0.15) is 71.9 Å². The Kier molecular flexibility index (Phi) is 9.72. The Hall–Kier alpha value is -4.05. The number of hydrogen-bond donors (Lipinski definition) is 0. The normalized spacial score (nSPS) is 20.3. The maximum atomic E-state index is 5.75. The highest BCUT2D eigenvalue weighted by molar-refractivity contribution is 5.78. The first-order chi connectivity index (χ1) is 26.8. The van der Waals surface area contributed by atoms with Crippen LogP contribution in [0.2, 0.25) is 0 Å². The number of rotatable bonds is 6. The van der Waals surface area contributed by atoms with Crippen LogP contribution in [0.4, 0.5) is 17.1 Å². The molecule has 1 aromatic heterocycles. The van der Waals surface area contributed by atoms with Gasteiger partial charge in [0.15, 0.2) is 17.5 Å². The van der Waals surface area contributed by atoms with Crippen molar-refractivity contribution in [2.24, 2.45) is 0 Å². The summed E-state index contributed by atoms with van der Waals surface area (Å²) in [6.45, 7) is 10.4. The van der Waals surface area contributed by atoms with E-state index in [1.165, 1.54) is 106 Å². The van der Waals surface area contributed by atoms with E-state index >= 15 is 0 Å². The average Bonchev–Trinajstić information content (AvgIpc) is 3.26. The summed E-state index contributed by atoms with van der Waals surface area (Å²) >= 11 is 0. The molecule has 4 heterocycles. The van der Waals surface area contributed by atoms with Crippen molar-refractivity contribution >= 4 is 17.1 Å².